The van der Waals surface area contributed by atoms with Crippen molar-refractivity contribution >= 4 is 39.1 Å². The SMILES string of the molecule is Cc1ccc(C(C)C)c(O[C@H](C)C(=O)Nc2ccc(Br)c(Cl)c2)c1. The zero-order chi connectivity index (χ0) is 17.9. The molecule has 24 heavy (non-hydrogen) atoms. The van der Waals surface area contributed by atoms with Crippen molar-refractivity contribution in [2.24, 2.45) is 0 Å². The number of anilines is 1. The second-order valence-corrected chi connectivity index (χ2v) is 7.34. The maximum Gasteiger partial charge on any atom is 0.265 e. The number of hydrogen-bond donors (Lipinski definition) is 1. The summed E-state index contributed by atoms with van der Waals surface area (Å²) in [5.41, 5.74) is 2.82. The third kappa shape index (κ3) is 4.74. The first-order valence-corrected chi connectivity index (χ1v) is 8.98. The molecule has 128 valence electrons. The molecule has 0 unspecified atom stereocenters. The average molecular weight is 411 g/mol. The van der Waals surface area contributed by atoms with Gasteiger partial charge in [0.05, 0.1) is 5.02 Å². The van der Waals surface area contributed by atoms with Crippen molar-refractivity contribution in [1.29, 1.82) is 0 Å². The van der Waals surface area contributed by atoms with Crippen LogP contribution in [0.1, 0.15) is 37.8 Å². The summed E-state index contributed by atoms with van der Waals surface area (Å²) in [6.45, 7) is 7.95. The Morgan fingerprint density at radius 2 is 1.88 bits per heavy atom. The lowest BCUT2D eigenvalue weighted by Gasteiger charge is -2.19. The third-order valence-electron chi connectivity index (χ3n) is 3.65. The monoisotopic (exact) mass is 409 g/mol. The molecule has 0 spiro atoms. The molecule has 2 aromatic rings. The Labute approximate surface area is 156 Å². The van der Waals surface area contributed by atoms with Gasteiger partial charge in [0.15, 0.2) is 6.10 Å². The van der Waals surface area contributed by atoms with Gasteiger partial charge in [-0.1, -0.05) is 37.6 Å². The average Bonchev–Trinajstić information content (AvgIpc) is 2.50. The van der Waals surface area contributed by atoms with Gasteiger partial charge in [-0.15, -0.1) is 0 Å². The lowest BCUT2D eigenvalue weighted by atomic mass is 10.0. The van der Waals surface area contributed by atoms with Gasteiger partial charge >= 0.3 is 0 Å². The highest BCUT2D eigenvalue weighted by Gasteiger charge is 2.18. The molecule has 0 aromatic heterocycles. The Bertz CT molecular complexity index is 746. The van der Waals surface area contributed by atoms with Crippen molar-refractivity contribution in [1.82, 2.24) is 0 Å². The van der Waals surface area contributed by atoms with Crippen molar-refractivity contribution in [3.05, 3.63) is 57.0 Å². The molecule has 3 nitrogen and oxygen atoms in total. The van der Waals surface area contributed by atoms with E-state index in [-0.39, 0.29) is 5.91 Å². The van der Waals surface area contributed by atoms with E-state index in [0.717, 1.165) is 21.3 Å². The van der Waals surface area contributed by atoms with Crippen molar-refractivity contribution in [3.8, 4) is 5.75 Å². The lowest BCUT2D eigenvalue weighted by molar-refractivity contribution is -0.122. The van der Waals surface area contributed by atoms with Gasteiger partial charge in [-0.2, -0.15) is 0 Å². The second-order valence-electron chi connectivity index (χ2n) is 6.07. The van der Waals surface area contributed by atoms with Crippen LogP contribution >= 0.6 is 27.5 Å². The zero-order valence-corrected chi connectivity index (χ0v) is 16.5. The van der Waals surface area contributed by atoms with Crippen molar-refractivity contribution in [2.75, 3.05) is 5.32 Å². The molecule has 1 amide bonds. The standard InChI is InChI=1S/C19H21BrClNO2/c1-11(2)15-7-5-12(3)9-18(15)24-13(4)19(23)22-14-6-8-16(20)17(21)10-14/h5-11,13H,1-4H3,(H,22,23)/t13-/m1/s1. The van der Waals surface area contributed by atoms with Gasteiger partial charge in [-0.3, -0.25) is 4.79 Å². The maximum atomic E-state index is 12.4. The Morgan fingerprint density at radius 3 is 2.50 bits per heavy atom. The number of nitrogens with one attached hydrogen (secondary N) is 1. The van der Waals surface area contributed by atoms with Crippen molar-refractivity contribution in [2.45, 2.75) is 39.7 Å². The highest BCUT2D eigenvalue weighted by atomic mass is 79.9. The minimum absolute atomic E-state index is 0.218. The molecule has 0 saturated carbocycles. The fraction of sp³-hybridized carbons (Fsp3) is 0.316. The zero-order valence-electron chi connectivity index (χ0n) is 14.2. The van der Waals surface area contributed by atoms with E-state index in [4.69, 9.17) is 16.3 Å². The minimum Gasteiger partial charge on any atom is -0.481 e. The van der Waals surface area contributed by atoms with Gasteiger partial charge in [0, 0.05) is 10.2 Å². The largest absolute Gasteiger partial charge is 0.481 e. The van der Waals surface area contributed by atoms with Gasteiger partial charge < -0.3 is 10.1 Å². The molecule has 0 fully saturated rings. The molecule has 5 heteroatoms. The molecule has 1 N–H and O–H groups in total. The Kier molecular flexibility index (Phi) is 6.30. The fourth-order valence-corrected chi connectivity index (χ4v) is 2.71. The Hall–Kier alpha value is -1.52. The Morgan fingerprint density at radius 1 is 1.17 bits per heavy atom. The summed E-state index contributed by atoms with van der Waals surface area (Å²) in [6.07, 6.45) is -0.619. The number of ether oxygens (including phenoxy) is 1. The predicted molar refractivity (Wildman–Crippen MR) is 103 cm³/mol. The summed E-state index contributed by atoms with van der Waals surface area (Å²) in [7, 11) is 0. The van der Waals surface area contributed by atoms with Crippen LogP contribution in [0.25, 0.3) is 0 Å². The first-order valence-electron chi connectivity index (χ1n) is 7.81. The maximum absolute atomic E-state index is 12.4. The van der Waals surface area contributed by atoms with Gasteiger partial charge in [0.2, 0.25) is 0 Å². The summed E-state index contributed by atoms with van der Waals surface area (Å²) in [4.78, 5) is 12.4. The van der Waals surface area contributed by atoms with Gasteiger partial charge in [0.1, 0.15) is 5.75 Å². The minimum atomic E-state index is -0.619. The number of carbonyl (C=O) groups is 1. The first-order chi connectivity index (χ1) is 11.3. The van der Waals surface area contributed by atoms with E-state index in [1.165, 1.54) is 0 Å². The summed E-state index contributed by atoms with van der Waals surface area (Å²) in [6, 6.07) is 11.3. The molecule has 0 aliphatic heterocycles. The quantitative estimate of drug-likeness (QED) is 0.662. The molecule has 0 radical (unpaired) electrons. The van der Waals surface area contributed by atoms with E-state index < -0.39 is 6.10 Å². The predicted octanol–water partition coefficient (Wildman–Crippen LogP) is 5.94. The van der Waals surface area contributed by atoms with Gasteiger partial charge in [0.25, 0.3) is 5.91 Å². The van der Waals surface area contributed by atoms with Crippen LogP contribution in [0.15, 0.2) is 40.9 Å². The normalized spacial score (nSPS) is 12.1. The van der Waals surface area contributed by atoms with Crippen LogP contribution in [0, 0.1) is 6.92 Å². The van der Waals surface area contributed by atoms with Crippen LogP contribution in [0.5, 0.6) is 5.75 Å². The smallest absolute Gasteiger partial charge is 0.265 e. The highest BCUT2D eigenvalue weighted by Crippen LogP contribution is 2.29. The van der Waals surface area contributed by atoms with E-state index >= 15 is 0 Å². The first kappa shape index (κ1) is 18.8. The van der Waals surface area contributed by atoms with Crippen LogP contribution in [-0.4, -0.2) is 12.0 Å². The summed E-state index contributed by atoms with van der Waals surface area (Å²) < 4.78 is 6.71. The molecule has 0 aliphatic rings. The second kappa shape index (κ2) is 8.04. The van der Waals surface area contributed by atoms with E-state index in [2.05, 4.69) is 47.2 Å². The molecule has 0 bridgehead atoms. The topological polar surface area (TPSA) is 38.3 Å². The molecule has 0 heterocycles. The highest BCUT2D eigenvalue weighted by molar-refractivity contribution is 9.10. The van der Waals surface area contributed by atoms with E-state index in [1.54, 1.807) is 25.1 Å². The van der Waals surface area contributed by atoms with Gasteiger partial charge in [-0.25, -0.2) is 0 Å². The van der Waals surface area contributed by atoms with E-state index in [9.17, 15) is 4.79 Å². The van der Waals surface area contributed by atoms with Crippen LogP contribution in [-0.2, 0) is 4.79 Å². The third-order valence-corrected chi connectivity index (χ3v) is 4.88. The number of amides is 1. The summed E-state index contributed by atoms with van der Waals surface area (Å²) in [5, 5.41) is 3.37. The summed E-state index contributed by atoms with van der Waals surface area (Å²) >= 11 is 9.38. The fourth-order valence-electron chi connectivity index (χ4n) is 2.28. The van der Waals surface area contributed by atoms with Crippen LogP contribution in [0.3, 0.4) is 0 Å². The van der Waals surface area contributed by atoms with Crippen molar-refractivity contribution in [3.63, 3.8) is 0 Å². The number of halogens is 2. The molecule has 1 atom stereocenters. The van der Waals surface area contributed by atoms with E-state index in [1.807, 2.05) is 13.0 Å². The number of rotatable bonds is 5. The number of aryl methyl sites for hydroxylation is 1. The number of hydrogen-bond acceptors (Lipinski definition) is 2. The molecular weight excluding hydrogens is 390 g/mol. The van der Waals surface area contributed by atoms with Crippen LogP contribution in [0.2, 0.25) is 5.02 Å². The van der Waals surface area contributed by atoms with Crippen LogP contribution < -0.4 is 10.1 Å². The molecule has 0 saturated heterocycles. The molecule has 2 rings (SSSR count). The summed E-state index contributed by atoms with van der Waals surface area (Å²) in [5.74, 6) is 0.854. The molecule has 0 aliphatic carbocycles. The lowest BCUT2D eigenvalue weighted by Crippen LogP contribution is -2.30. The van der Waals surface area contributed by atoms with Crippen molar-refractivity contribution < 1.29 is 9.53 Å². The Balaban J connectivity index is 2.11. The molecular formula is C19H21BrClNO2. The van der Waals surface area contributed by atoms with Crippen LogP contribution in [0.4, 0.5) is 5.69 Å². The molecule has 2 aromatic carbocycles. The van der Waals surface area contributed by atoms with E-state index in [0.29, 0.717) is 16.6 Å². The number of benzene rings is 2. The van der Waals surface area contributed by atoms with Gasteiger partial charge in [-0.05, 0) is 71.1 Å². The number of carbonyl (C=O) groups excluding carboxylic acids is 1.